The first-order chi connectivity index (χ1) is 17.6. The summed E-state index contributed by atoms with van der Waals surface area (Å²) >= 11 is 1.27. The molecule has 2 aliphatic heterocycles. The van der Waals surface area contributed by atoms with E-state index in [-0.39, 0.29) is 17.6 Å². The van der Waals surface area contributed by atoms with E-state index < -0.39 is 6.04 Å². The van der Waals surface area contributed by atoms with E-state index in [2.05, 4.69) is 10.3 Å². The summed E-state index contributed by atoms with van der Waals surface area (Å²) in [5, 5.41) is 3.45. The molecule has 1 atom stereocenters. The molecule has 1 unspecified atom stereocenters. The minimum Gasteiger partial charge on any atom is -0.497 e. The zero-order chi connectivity index (χ0) is 25.1. The Morgan fingerprint density at radius 2 is 1.78 bits per heavy atom. The molecular weight excluding hydrogens is 476 g/mol. The molecular formula is C27H24N4O4S. The van der Waals surface area contributed by atoms with Gasteiger partial charge in [0, 0.05) is 18.1 Å². The second-order valence-corrected chi connectivity index (χ2v) is 9.11. The van der Waals surface area contributed by atoms with Gasteiger partial charge in [-0.1, -0.05) is 54.2 Å². The molecule has 0 fully saturated rings. The van der Waals surface area contributed by atoms with Crippen LogP contribution in [-0.2, 0) is 16.0 Å². The van der Waals surface area contributed by atoms with Crippen LogP contribution in [0.3, 0.4) is 0 Å². The van der Waals surface area contributed by atoms with Crippen LogP contribution in [-0.4, -0.2) is 53.7 Å². The van der Waals surface area contributed by atoms with Crippen molar-refractivity contribution < 1.29 is 19.1 Å². The smallest absolute Gasteiger partial charge is 0.271 e. The van der Waals surface area contributed by atoms with Crippen molar-refractivity contribution in [2.45, 2.75) is 12.5 Å². The number of hydrogen-bond acceptors (Lipinski definition) is 7. The number of ether oxygens (including phenoxy) is 2. The fourth-order valence-electron chi connectivity index (χ4n) is 4.16. The molecule has 36 heavy (non-hydrogen) atoms. The molecule has 0 saturated heterocycles. The fraction of sp³-hybridized carbons (Fsp3) is 0.185. The first-order valence-electron chi connectivity index (χ1n) is 11.4. The minimum absolute atomic E-state index is 0.0895. The van der Waals surface area contributed by atoms with E-state index in [1.54, 1.807) is 25.3 Å². The van der Waals surface area contributed by atoms with Gasteiger partial charge in [-0.2, -0.15) is 4.99 Å². The summed E-state index contributed by atoms with van der Waals surface area (Å²) in [7, 11) is 3.10. The zero-order valence-electron chi connectivity index (χ0n) is 19.8. The first-order valence-corrected chi connectivity index (χ1v) is 12.3. The Morgan fingerprint density at radius 1 is 1.00 bits per heavy atom. The molecule has 2 aliphatic rings. The summed E-state index contributed by atoms with van der Waals surface area (Å²) in [5.74, 6) is 1.35. The Kier molecular flexibility index (Phi) is 6.73. The molecule has 3 aromatic rings. The Hall–Kier alpha value is -4.11. The van der Waals surface area contributed by atoms with Crippen molar-refractivity contribution in [2.75, 3.05) is 25.3 Å². The Morgan fingerprint density at radius 3 is 2.56 bits per heavy atom. The van der Waals surface area contributed by atoms with Crippen LogP contribution in [0.4, 0.5) is 11.4 Å². The van der Waals surface area contributed by atoms with Crippen molar-refractivity contribution in [3.8, 4) is 11.5 Å². The maximum absolute atomic E-state index is 13.0. The number of benzene rings is 3. The van der Waals surface area contributed by atoms with Gasteiger partial charge in [-0.15, -0.1) is 0 Å². The van der Waals surface area contributed by atoms with Crippen molar-refractivity contribution in [1.82, 2.24) is 4.90 Å². The SMILES string of the molecule is COc1ccc(NC(=O)CSC2=Nc3ccccc3C3=NC(=O)C(Cc4ccccc4)N23)c(OC)c1. The average molecular weight is 501 g/mol. The van der Waals surface area contributed by atoms with Crippen molar-refractivity contribution in [3.05, 3.63) is 83.9 Å². The van der Waals surface area contributed by atoms with E-state index in [0.29, 0.717) is 34.6 Å². The van der Waals surface area contributed by atoms with Crippen molar-refractivity contribution in [3.63, 3.8) is 0 Å². The number of carbonyl (C=O) groups excluding carboxylic acids is 2. The van der Waals surface area contributed by atoms with E-state index in [0.717, 1.165) is 16.8 Å². The fourth-order valence-corrected chi connectivity index (χ4v) is 5.01. The van der Waals surface area contributed by atoms with Crippen LogP contribution in [0.5, 0.6) is 11.5 Å². The van der Waals surface area contributed by atoms with Crippen molar-refractivity contribution in [2.24, 2.45) is 9.98 Å². The van der Waals surface area contributed by atoms with Gasteiger partial charge >= 0.3 is 0 Å². The molecule has 0 spiro atoms. The monoisotopic (exact) mass is 500 g/mol. The normalized spacial score (nSPS) is 16.0. The lowest BCUT2D eigenvalue weighted by Gasteiger charge is -2.31. The summed E-state index contributed by atoms with van der Waals surface area (Å²) < 4.78 is 10.6. The quantitative estimate of drug-likeness (QED) is 0.521. The largest absolute Gasteiger partial charge is 0.497 e. The van der Waals surface area contributed by atoms with E-state index in [9.17, 15) is 9.59 Å². The van der Waals surface area contributed by atoms with Crippen LogP contribution in [0, 0.1) is 0 Å². The Labute approximate surface area is 213 Å². The van der Waals surface area contributed by atoms with Gasteiger partial charge in [0.05, 0.1) is 31.3 Å². The number of carbonyl (C=O) groups is 2. The van der Waals surface area contributed by atoms with E-state index in [1.165, 1.54) is 18.9 Å². The topological polar surface area (TPSA) is 92.6 Å². The molecule has 9 heteroatoms. The molecule has 0 bridgehead atoms. The Balaban J connectivity index is 1.37. The van der Waals surface area contributed by atoms with Gasteiger partial charge in [0.1, 0.15) is 23.4 Å². The van der Waals surface area contributed by atoms with Crippen LogP contribution in [0.1, 0.15) is 11.1 Å². The second-order valence-electron chi connectivity index (χ2n) is 8.16. The van der Waals surface area contributed by atoms with Gasteiger partial charge in [0.15, 0.2) is 5.17 Å². The van der Waals surface area contributed by atoms with Crippen LogP contribution in [0.2, 0.25) is 0 Å². The molecule has 2 amide bonds. The lowest BCUT2D eigenvalue weighted by molar-refractivity contribution is -0.119. The molecule has 0 aromatic heterocycles. The van der Waals surface area contributed by atoms with Crippen LogP contribution in [0.25, 0.3) is 0 Å². The summed E-state index contributed by atoms with van der Waals surface area (Å²) in [5.41, 5.74) is 3.10. The summed E-state index contributed by atoms with van der Waals surface area (Å²) in [6, 6.07) is 22.1. The average Bonchev–Trinajstić information content (AvgIpc) is 3.24. The summed E-state index contributed by atoms with van der Waals surface area (Å²) in [4.78, 5) is 36.9. The number of methoxy groups -OCH3 is 2. The molecule has 182 valence electrons. The maximum atomic E-state index is 13.0. The summed E-state index contributed by atoms with van der Waals surface area (Å²) in [6.07, 6.45) is 0.490. The highest BCUT2D eigenvalue weighted by molar-refractivity contribution is 8.14. The molecule has 5 rings (SSSR count). The molecule has 0 saturated carbocycles. The number of nitrogens with one attached hydrogen (secondary N) is 1. The highest BCUT2D eigenvalue weighted by atomic mass is 32.2. The molecule has 3 aromatic carbocycles. The van der Waals surface area contributed by atoms with Gasteiger partial charge in [-0.05, 0) is 29.8 Å². The van der Waals surface area contributed by atoms with E-state index in [4.69, 9.17) is 14.5 Å². The number of aliphatic imine (C=N–C) groups is 2. The number of amides is 2. The Bertz CT molecular complexity index is 1370. The number of para-hydroxylation sites is 1. The van der Waals surface area contributed by atoms with Crippen molar-refractivity contribution >= 4 is 46.0 Å². The van der Waals surface area contributed by atoms with Gasteiger partial charge in [-0.3, -0.25) is 14.5 Å². The minimum atomic E-state index is -0.522. The van der Waals surface area contributed by atoms with Gasteiger partial charge in [0.25, 0.3) is 5.91 Å². The summed E-state index contributed by atoms with van der Waals surface area (Å²) in [6.45, 7) is 0. The number of thioether (sulfide) groups is 1. The maximum Gasteiger partial charge on any atom is 0.271 e. The van der Waals surface area contributed by atoms with Gasteiger partial charge < -0.3 is 14.8 Å². The third kappa shape index (κ3) is 4.70. The van der Waals surface area contributed by atoms with Gasteiger partial charge in [0.2, 0.25) is 5.91 Å². The molecule has 0 radical (unpaired) electrons. The zero-order valence-corrected chi connectivity index (χ0v) is 20.6. The third-order valence-electron chi connectivity index (χ3n) is 5.90. The molecule has 1 N–H and O–H groups in total. The van der Waals surface area contributed by atoms with Crippen LogP contribution < -0.4 is 14.8 Å². The van der Waals surface area contributed by atoms with E-state index >= 15 is 0 Å². The number of amidine groups is 2. The van der Waals surface area contributed by atoms with Crippen LogP contribution in [0.15, 0.2) is 82.8 Å². The third-order valence-corrected chi connectivity index (χ3v) is 6.85. The lowest BCUT2D eigenvalue weighted by atomic mass is 10.0. The highest BCUT2D eigenvalue weighted by Crippen LogP contribution is 2.35. The number of nitrogens with zero attached hydrogens (tertiary/aromatic N) is 3. The highest BCUT2D eigenvalue weighted by Gasteiger charge is 2.41. The van der Waals surface area contributed by atoms with Gasteiger partial charge in [-0.25, -0.2) is 4.99 Å². The van der Waals surface area contributed by atoms with E-state index in [1.807, 2.05) is 59.5 Å². The predicted molar refractivity (Wildman–Crippen MR) is 141 cm³/mol. The first kappa shape index (κ1) is 23.6. The number of hydrogen-bond donors (Lipinski definition) is 1. The second kappa shape index (κ2) is 10.2. The molecule has 2 heterocycles. The molecule has 8 nitrogen and oxygen atoms in total. The molecule has 0 aliphatic carbocycles. The number of fused-ring (bicyclic) bond motifs is 3. The lowest BCUT2D eigenvalue weighted by Crippen LogP contribution is -2.45. The standard InChI is InChI=1S/C27H24N4O4S/c1-34-18-12-13-21(23(15-18)35-2)28-24(32)16-36-27-29-20-11-7-6-10-19(20)25-30-26(33)22(31(25)27)14-17-8-4-3-5-9-17/h3-13,15,22H,14,16H2,1-2H3,(H,28,32). The number of rotatable bonds is 7. The predicted octanol–water partition coefficient (Wildman–Crippen LogP) is 4.28. The van der Waals surface area contributed by atoms with Crippen molar-refractivity contribution in [1.29, 1.82) is 0 Å². The number of anilines is 1. The van der Waals surface area contributed by atoms with Crippen LogP contribution >= 0.6 is 11.8 Å².